The van der Waals surface area contributed by atoms with E-state index in [4.69, 9.17) is 0 Å². The molecule has 29 heavy (non-hydrogen) atoms. The minimum absolute atomic E-state index is 0.0500. The van der Waals surface area contributed by atoms with Gasteiger partial charge in [-0.15, -0.1) is 0 Å². The maximum Gasteiger partial charge on any atom is 0.416 e. The van der Waals surface area contributed by atoms with Crippen molar-refractivity contribution in [2.24, 2.45) is 0 Å². The minimum atomic E-state index is -4.35. The summed E-state index contributed by atoms with van der Waals surface area (Å²) in [5.41, 5.74) is 1.46. The van der Waals surface area contributed by atoms with Gasteiger partial charge < -0.3 is 4.90 Å². The summed E-state index contributed by atoms with van der Waals surface area (Å²) in [5.74, 6) is 0. The van der Waals surface area contributed by atoms with Gasteiger partial charge in [0, 0.05) is 43.4 Å². The van der Waals surface area contributed by atoms with Gasteiger partial charge in [-0.1, -0.05) is 23.5 Å². The number of nitrogens with zero attached hydrogens (tertiary/aromatic N) is 4. The number of alkyl halides is 3. The van der Waals surface area contributed by atoms with Crippen LogP contribution in [0.3, 0.4) is 0 Å². The van der Waals surface area contributed by atoms with Gasteiger partial charge >= 0.3 is 11.0 Å². The molecule has 5 nitrogen and oxygen atoms in total. The molecular weight excluding hydrogens is 401 g/mol. The molecule has 4 rings (SSSR count). The number of pyridine rings is 1. The summed E-state index contributed by atoms with van der Waals surface area (Å²) in [6, 6.07) is 11.0. The zero-order valence-corrected chi connectivity index (χ0v) is 16.3. The predicted octanol–water partition coefficient (Wildman–Crippen LogP) is 3.77. The van der Waals surface area contributed by atoms with Gasteiger partial charge in [0.1, 0.15) is 0 Å². The molecule has 0 saturated carbocycles. The number of thiazole rings is 1. The summed E-state index contributed by atoms with van der Waals surface area (Å²) in [5, 5.41) is 1.81. The maximum absolute atomic E-state index is 13.0. The number of hydrogen-bond donors (Lipinski definition) is 0. The van der Waals surface area contributed by atoms with E-state index in [1.807, 2.05) is 28.5 Å². The van der Waals surface area contributed by atoms with Crippen LogP contribution in [0, 0.1) is 0 Å². The van der Waals surface area contributed by atoms with Crippen LogP contribution >= 0.6 is 11.3 Å². The van der Waals surface area contributed by atoms with Crippen molar-refractivity contribution in [2.75, 3.05) is 31.1 Å². The van der Waals surface area contributed by atoms with Crippen LogP contribution in [0.5, 0.6) is 0 Å². The smallest absolute Gasteiger partial charge is 0.369 e. The molecule has 0 spiro atoms. The topological polar surface area (TPSA) is 41.4 Å². The second kappa shape index (κ2) is 8.00. The molecule has 0 bridgehead atoms. The van der Waals surface area contributed by atoms with E-state index in [1.165, 1.54) is 12.1 Å². The second-order valence-corrected chi connectivity index (χ2v) is 7.65. The van der Waals surface area contributed by atoms with Gasteiger partial charge in [-0.25, -0.2) is 0 Å². The summed E-state index contributed by atoms with van der Waals surface area (Å²) in [6.45, 7) is 2.93. The zero-order chi connectivity index (χ0) is 20.4. The number of hydrogen-bond acceptors (Lipinski definition) is 5. The van der Waals surface area contributed by atoms with Crippen LogP contribution in [0.15, 0.2) is 58.8 Å². The molecule has 0 N–H and O–H groups in total. The van der Waals surface area contributed by atoms with Crippen molar-refractivity contribution in [3.05, 3.63) is 69.3 Å². The molecule has 0 atom stereocenters. The lowest BCUT2D eigenvalue weighted by atomic mass is 10.1. The first-order valence-corrected chi connectivity index (χ1v) is 10.0. The highest BCUT2D eigenvalue weighted by molar-refractivity contribution is 7.07. The Morgan fingerprint density at radius 1 is 1.03 bits per heavy atom. The van der Waals surface area contributed by atoms with Gasteiger partial charge in [0.15, 0.2) is 0 Å². The quantitative estimate of drug-likeness (QED) is 0.644. The fourth-order valence-corrected chi connectivity index (χ4v) is 4.15. The highest BCUT2D eigenvalue weighted by Crippen LogP contribution is 2.32. The van der Waals surface area contributed by atoms with Gasteiger partial charge in [0.05, 0.1) is 23.6 Å². The SMILES string of the molecule is O=c1scc(-c2ccccn2)n1CN1CCN(c2cccc(C(F)(F)F)c2)CC1. The first-order valence-electron chi connectivity index (χ1n) is 9.16. The summed E-state index contributed by atoms with van der Waals surface area (Å²) in [4.78, 5) is 20.7. The molecule has 3 heterocycles. The van der Waals surface area contributed by atoms with Crippen LogP contribution < -0.4 is 9.77 Å². The fourth-order valence-electron chi connectivity index (χ4n) is 3.41. The highest BCUT2D eigenvalue weighted by atomic mass is 32.1. The van der Waals surface area contributed by atoms with E-state index >= 15 is 0 Å². The average molecular weight is 420 g/mol. The lowest BCUT2D eigenvalue weighted by molar-refractivity contribution is -0.137. The largest absolute Gasteiger partial charge is 0.416 e. The lowest BCUT2D eigenvalue weighted by Gasteiger charge is -2.36. The Balaban J connectivity index is 1.44. The van der Waals surface area contributed by atoms with E-state index in [9.17, 15) is 18.0 Å². The number of rotatable bonds is 4. The van der Waals surface area contributed by atoms with Crippen LogP contribution in [0.2, 0.25) is 0 Å². The second-order valence-electron chi connectivity index (χ2n) is 6.82. The molecule has 1 aliphatic heterocycles. The van der Waals surface area contributed by atoms with Crippen molar-refractivity contribution in [3.8, 4) is 11.4 Å². The third-order valence-corrected chi connectivity index (χ3v) is 5.73. The van der Waals surface area contributed by atoms with Gasteiger partial charge in [0.2, 0.25) is 0 Å². The van der Waals surface area contributed by atoms with E-state index in [1.54, 1.807) is 16.8 Å². The summed E-state index contributed by atoms with van der Waals surface area (Å²) < 4.78 is 40.6. The predicted molar refractivity (Wildman–Crippen MR) is 107 cm³/mol. The Hall–Kier alpha value is -2.65. The van der Waals surface area contributed by atoms with Crippen molar-refractivity contribution in [3.63, 3.8) is 0 Å². The molecule has 9 heteroatoms. The molecule has 0 aliphatic carbocycles. The minimum Gasteiger partial charge on any atom is -0.369 e. The third kappa shape index (κ3) is 4.35. The fraction of sp³-hybridized carbons (Fsp3) is 0.300. The molecule has 0 unspecified atom stereocenters. The number of halogens is 3. The summed E-state index contributed by atoms with van der Waals surface area (Å²) in [7, 11) is 0. The Morgan fingerprint density at radius 2 is 1.83 bits per heavy atom. The van der Waals surface area contributed by atoms with Crippen LogP contribution in [-0.4, -0.2) is 40.6 Å². The first-order chi connectivity index (χ1) is 13.9. The van der Waals surface area contributed by atoms with Gasteiger partial charge in [0.25, 0.3) is 0 Å². The Morgan fingerprint density at radius 3 is 2.52 bits per heavy atom. The lowest BCUT2D eigenvalue weighted by Crippen LogP contribution is -2.47. The molecule has 1 fully saturated rings. The highest BCUT2D eigenvalue weighted by Gasteiger charge is 2.31. The van der Waals surface area contributed by atoms with Gasteiger partial charge in [-0.2, -0.15) is 13.2 Å². The van der Waals surface area contributed by atoms with E-state index in [0.717, 1.165) is 28.8 Å². The number of aromatic nitrogens is 2. The van der Waals surface area contributed by atoms with Gasteiger partial charge in [-0.05, 0) is 30.3 Å². The monoisotopic (exact) mass is 420 g/mol. The molecule has 1 saturated heterocycles. The normalized spacial score (nSPS) is 15.6. The van der Waals surface area contributed by atoms with Crippen molar-refractivity contribution in [1.29, 1.82) is 0 Å². The van der Waals surface area contributed by atoms with Crippen LogP contribution in [0.4, 0.5) is 18.9 Å². The number of benzene rings is 1. The molecule has 3 aromatic rings. The summed E-state index contributed by atoms with van der Waals surface area (Å²) >= 11 is 1.14. The average Bonchev–Trinajstić information content (AvgIpc) is 3.09. The van der Waals surface area contributed by atoms with Crippen molar-refractivity contribution >= 4 is 17.0 Å². The summed E-state index contributed by atoms with van der Waals surface area (Å²) in [6.07, 6.45) is -2.66. The molecular formula is C20H19F3N4OS. The van der Waals surface area contributed by atoms with Crippen LogP contribution in [0.1, 0.15) is 5.56 Å². The first kappa shape index (κ1) is 19.7. The zero-order valence-electron chi connectivity index (χ0n) is 15.5. The number of piperazine rings is 1. The van der Waals surface area contributed by atoms with Crippen molar-refractivity contribution < 1.29 is 13.2 Å². The van der Waals surface area contributed by atoms with E-state index in [-0.39, 0.29) is 4.87 Å². The van der Waals surface area contributed by atoms with Crippen LogP contribution in [0.25, 0.3) is 11.4 Å². The molecule has 152 valence electrons. The Kier molecular flexibility index (Phi) is 5.42. The third-order valence-electron chi connectivity index (χ3n) is 4.96. The molecule has 0 amide bonds. The maximum atomic E-state index is 13.0. The molecule has 1 aliphatic rings. The molecule has 1 aromatic carbocycles. The van der Waals surface area contributed by atoms with E-state index in [2.05, 4.69) is 9.88 Å². The number of anilines is 1. The van der Waals surface area contributed by atoms with Gasteiger partial charge in [-0.3, -0.25) is 19.2 Å². The van der Waals surface area contributed by atoms with Crippen molar-refractivity contribution in [2.45, 2.75) is 12.8 Å². The van der Waals surface area contributed by atoms with Crippen LogP contribution in [-0.2, 0) is 12.8 Å². The van der Waals surface area contributed by atoms with Crippen molar-refractivity contribution in [1.82, 2.24) is 14.5 Å². The Bertz CT molecular complexity index is 1020. The molecule has 2 aromatic heterocycles. The van der Waals surface area contributed by atoms with E-state index < -0.39 is 11.7 Å². The van der Waals surface area contributed by atoms with E-state index in [0.29, 0.717) is 38.5 Å². The standard InChI is InChI=1S/C20H19F3N4OS/c21-20(22,23)15-4-3-5-16(12-15)26-10-8-25(9-11-26)14-27-18(13-29-19(27)28)17-6-1-2-7-24-17/h1-7,12-13H,8-11,14H2. The Labute approximate surface area is 169 Å². The molecule has 0 radical (unpaired) electrons.